The number of rotatable bonds is 1. The van der Waals surface area contributed by atoms with Crippen LogP contribution in [0.4, 0.5) is 0 Å². The van der Waals surface area contributed by atoms with E-state index in [1.165, 1.54) is 0 Å². The van der Waals surface area contributed by atoms with Crippen molar-refractivity contribution in [2.45, 2.75) is 0 Å². The van der Waals surface area contributed by atoms with E-state index in [0.29, 0.717) is 5.69 Å². The largest absolute Gasteiger partial charge is 0.308 e. The van der Waals surface area contributed by atoms with Gasteiger partial charge in [-0.3, -0.25) is 4.79 Å². The van der Waals surface area contributed by atoms with Crippen LogP contribution < -0.4 is 5.56 Å². The summed E-state index contributed by atoms with van der Waals surface area (Å²) >= 11 is 3.43. The number of aryl methyl sites for hydroxylation is 1. The Morgan fingerprint density at radius 3 is 2.58 bits per heavy atom. The number of hydrogen-bond acceptors (Lipinski definition) is 2. The van der Waals surface area contributed by atoms with E-state index in [4.69, 9.17) is 0 Å². The molecule has 0 unspecified atom stereocenters. The van der Waals surface area contributed by atoms with Crippen LogP contribution >= 0.6 is 15.9 Å². The first-order valence-electron chi connectivity index (χ1n) is 5.88. The molecule has 3 nitrogen and oxygen atoms in total. The molecule has 0 amide bonds. The molecule has 0 radical (unpaired) electrons. The van der Waals surface area contributed by atoms with Gasteiger partial charge in [-0.15, -0.1) is 0 Å². The highest BCUT2D eigenvalue weighted by atomic mass is 79.9. The minimum absolute atomic E-state index is 0.0824. The van der Waals surface area contributed by atoms with Crippen LogP contribution in [0.3, 0.4) is 0 Å². The Kier molecular flexibility index (Phi) is 2.95. The average Bonchev–Trinajstić information content (AvgIpc) is 2.43. The van der Waals surface area contributed by atoms with Crippen LogP contribution in [0, 0.1) is 0 Å². The minimum atomic E-state index is -0.0824. The highest BCUT2D eigenvalue weighted by Crippen LogP contribution is 2.20. The van der Waals surface area contributed by atoms with Crippen LogP contribution in [0.1, 0.15) is 0 Å². The minimum Gasteiger partial charge on any atom is -0.308 e. The van der Waals surface area contributed by atoms with Crippen LogP contribution in [0.25, 0.3) is 22.3 Å². The molecule has 0 bridgehead atoms. The van der Waals surface area contributed by atoms with Crippen molar-refractivity contribution in [1.29, 1.82) is 0 Å². The van der Waals surface area contributed by atoms with Crippen molar-refractivity contribution in [1.82, 2.24) is 9.55 Å². The summed E-state index contributed by atoms with van der Waals surface area (Å²) in [6.45, 7) is 0. The smallest absolute Gasteiger partial charge is 0.277 e. The van der Waals surface area contributed by atoms with Crippen LogP contribution in [-0.2, 0) is 7.05 Å². The number of hydrogen-bond donors (Lipinski definition) is 0. The van der Waals surface area contributed by atoms with E-state index in [-0.39, 0.29) is 5.56 Å². The summed E-state index contributed by atoms with van der Waals surface area (Å²) in [5.41, 5.74) is 2.86. The standard InChI is InChI=1S/C15H11BrN2O/c1-18-13-8-7-11(16)9-12(13)17-14(15(18)19)10-5-3-2-4-6-10/h2-9H,1H3. The molecule has 4 heteroatoms. The quantitative estimate of drug-likeness (QED) is 0.690. The average molecular weight is 315 g/mol. The van der Waals surface area contributed by atoms with E-state index in [1.54, 1.807) is 11.6 Å². The fraction of sp³-hybridized carbons (Fsp3) is 0.0667. The molecule has 94 valence electrons. The normalized spacial score (nSPS) is 10.8. The zero-order chi connectivity index (χ0) is 13.4. The number of halogens is 1. The molecule has 0 spiro atoms. The lowest BCUT2D eigenvalue weighted by Crippen LogP contribution is -2.20. The molecule has 3 aromatic rings. The summed E-state index contributed by atoms with van der Waals surface area (Å²) in [4.78, 5) is 16.9. The molecule has 1 aromatic heterocycles. The molecular weight excluding hydrogens is 304 g/mol. The van der Waals surface area contributed by atoms with Gasteiger partial charge in [0.25, 0.3) is 5.56 Å². The van der Waals surface area contributed by atoms with Gasteiger partial charge < -0.3 is 4.57 Å². The third-order valence-corrected chi connectivity index (χ3v) is 3.58. The molecule has 0 fully saturated rings. The highest BCUT2D eigenvalue weighted by molar-refractivity contribution is 9.10. The maximum absolute atomic E-state index is 12.4. The molecule has 0 saturated heterocycles. The van der Waals surface area contributed by atoms with E-state index >= 15 is 0 Å². The Balaban J connectivity index is 2.38. The zero-order valence-electron chi connectivity index (χ0n) is 10.3. The number of aromatic nitrogens is 2. The maximum atomic E-state index is 12.4. The molecule has 0 aliphatic rings. The van der Waals surface area contributed by atoms with Gasteiger partial charge in [0, 0.05) is 17.1 Å². The lowest BCUT2D eigenvalue weighted by molar-refractivity contribution is 0.895. The van der Waals surface area contributed by atoms with Crippen molar-refractivity contribution < 1.29 is 0 Å². The third-order valence-electron chi connectivity index (χ3n) is 3.09. The fourth-order valence-corrected chi connectivity index (χ4v) is 2.44. The molecule has 19 heavy (non-hydrogen) atoms. The van der Waals surface area contributed by atoms with Crippen molar-refractivity contribution in [3.63, 3.8) is 0 Å². The summed E-state index contributed by atoms with van der Waals surface area (Å²) in [6.07, 6.45) is 0. The molecule has 0 aliphatic carbocycles. The van der Waals surface area contributed by atoms with Crippen LogP contribution in [0.5, 0.6) is 0 Å². The van der Waals surface area contributed by atoms with Gasteiger partial charge in [0.2, 0.25) is 0 Å². The second-order valence-electron chi connectivity index (χ2n) is 4.32. The third kappa shape index (κ3) is 2.08. The van der Waals surface area contributed by atoms with Gasteiger partial charge in [0.15, 0.2) is 0 Å². The molecular formula is C15H11BrN2O. The van der Waals surface area contributed by atoms with Crippen molar-refractivity contribution in [2.75, 3.05) is 0 Å². The van der Waals surface area contributed by atoms with Gasteiger partial charge in [-0.25, -0.2) is 4.98 Å². The predicted octanol–water partition coefficient (Wildman–Crippen LogP) is 3.36. The van der Waals surface area contributed by atoms with Gasteiger partial charge in [-0.2, -0.15) is 0 Å². The first-order chi connectivity index (χ1) is 9.16. The van der Waals surface area contributed by atoms with E-state index in [0.717, 1.165) is 21.1 Å². The Morgan fingerprint density at radius 2 is 1.84 bits per heavy atom. The SMILES string of the molecule is Cn1c(=O)c(-c2ccccc2)nc2cc(Br)ccc21. The first-order valence-corrected chi connectivity index (χ1v) is 6.68. The Morgan fingerprint density at radius 1 is 1.11 bits per heavy atom. The van der Waals surface area contributed by atoms with Crippen molar-refractivity contribution >= 4 is 27.0 Å². The van der Waals surface area contributed by atoms with Gasteiger partial charge in [0.05, 0.1) is 11.0 Å². The van der Waals surface area contributed by atoms with Crippen LogP contribution in [0.15, 0.2) is 57.8 Å². The summed E-state index contributed by atoms with van der Waals surface area (Å²) in [5, 5.41) is 0. The lowest BCUT2D eigenvalue weighted by atomic mass is 10.1. The molecule has 0 N–H and O–H groups in total. The summed E-state index contributed by atoms with van der Waals surface area (Å²) in [5.74, 6) is 0. The summed E-state index contributed by atoms with van der Waals surface area (Å²) in [6, 6.07) is 15.2. The van der Waals surface area contributed by atoms with Crippen molar-refractivity contribution in [2.24, 2.45) is 7.05 Å². The second kappa shape index (κ2) is 4.63. The molecule has 0 atom stereocenters. The molecule has 1 heterocycles. The van der Waals surface area contributed by atoms with Gasteiger partial charge in [0.1, 0.15) is 5.69 Å². The van der Waals surface area contributed by atoms with E-state index in [1.807, 2.05) is 48.5 Å². The molecule has 0 aliphatic heterocycles. The zero-order valence-corrected chi connectivity index (χ0v) is 11.9. The Labute approximate surface area is 118 Å². The number of benzene rings is 2. The summed E-state index contributed by atoms with van der Waals surface area (Å²) < 4.78 is 2.59. The van der Waals surface area contributed by atoms with Gasteiger partial charge in [-0.05, 0) is 18.2 Å². The Bertz CT molecular complexity index is 809. The predicted molar refractivity (Wildman–Crippen MR) is 80.1 cm³/mol. The maximum Gasteiger partial charge on any atom is 0.277 e. The van der Waals surface area contributed by atoms with Crippen molar-refractivity contribution in [3.05, 3.63) is 63.4 Å². The topological polar surface area (TPSA) is 34.9 Å². The monoisotopic (exact) mass is 314 g/mol. The second-order valence-corrected chi connectivity index (χ2v) is 5.24. The first kappa shape index (κ1) is 12.1. The fourth-order valence-electron chi connectivity index (χ4n) is 2.09. The van der Waals surface area contributed by atoms with E-state index < -0.39 is 0 Å². The molecule has 2 aromatic carbocycles. The van der Waals surface area contributed by atoms with Crippen molar-refractivity contribution in [3.8, 4) is 11.3 Å². The van der Waals surface area contributed by atoms with E-state index in [2.05, 4.69) is 20.9 Å². The molecule has 0 saturated carbocycles. The summed E-state index contributed by atoms with van der Waals surface area (Å²) in [7, 11) is 1.77. The van der Waals surface area contributed by atoms with Gasteiger partial charge >= 0.3 is 0 Å². The van der Waals surface area contributed by atoms with Crippen LogP contribution in [-0.4, -0.2) is 9.55 Å². The Hall–Kier alpha value is -1.94. The molecule has 3 rings (SSSR count). The lowest BCUT2D eigenvalue weighted by Gasteiger charge is -2.08. The van der Waals surface area contributed by atoms with Gasteiger partial charge in [-0.1, -0.05) is 46.3 Å². The number of fused-ring (bicyclic) bond motifs is 1. The highest BCUT2D eigenvalue weighted by Gasteiger charge is 2.10. The van der Waals surface area contributed by atoms with E-state index in [9.17, 15) is 4.79 Å². The van der Waals surface area contributed by atoms with Crippen LogP contribution in [0.2, 0.25) is 0 Å². The number of nitrogens with zero attached hydrogens (tertiary/aromatic N) is 2.